The third kappa shape index (κ3) is 3.77. The zero-order valence-corrected chi connectivity index (χ0v) is 14.2. The minimum atomic E-state index is -0.138. The van der Waals surface area contributed by atoms with Gasteiger partial charge in [0.05, 0.1) is 13.2 Å². The number of rotatable bonds is 5. The zero-order chi connectivity index (χ0) is 16.9. The molecular formula is C20H24N2O2. The summed E-state index contributed by atoms with van der Waals surface area (Å²) in [6.07, 6.45) is 1.10. The Morgan fingerprint density at radius 2 is 1.88 bits per heavy atom. The molecule has 0 unspecified atom stereocenters. The fraction of sp³-hybridized carbons (Fsp3) is 0.350. The van der Waals surface area contributed by atoms with E-state index < -0.39 is 0 Å². The summed E-state index contributed by atoms with van der Waals surface area (Å²) in [5.41, 5.74) is 2.16. The molecule has 24 heavy (non-hydrogen) atoms. The minimum Gasteiger partial charge on any atom is -0.497 e. The maximum absolute atomic E-state index is 12.5. The summed E-state index contributed by atoms with van der Waals surface area (Å²) in [6, 6.07) is 17.8. The lowest BCUT2D eigenvalue weighted by molar-refractivity contribution is -0.120. The van der Waals surface area contributed by atoms with Gasteiger partial charge in [-0.1, -0.05) is 30.3 Å². The van der Waals surface area contributed by atoms with Gasteiger partial charge in [-0.25, -0.2) is 0 Å². The van der Waals surface area contributed by atoms with Crippen molar-refractivity contribution in [3.63, 3.8) is 0 Å². The fourth-order valence-corrected chi connectivity index (χ4v) is 3.22. The van der Waals surface area contributed by atoms with E-state index >= 15 is 0 Å². The molecule has 126 valence electrons. The van der Waals surface area contributed by atoms with E-state index in [1.165, 1.54) is 5.56 Å². The topological polar surface area (TPSA) is 41.6 Å². The van der Waals surface area contributed by atoms with Gasteiger partial charge < -0.3 is 10.1 Å². The fourth-order valence-electron chi connectivity index (χ4n) is 3.22. The highest BCUT2D eigenvalue weighted by Crippen LogP contribution is 2.28. The zero-order valence-electron chi connectivity index (χ0n) is 14.2. The first-order valence-corrected chi connectivity index (χ1v) is 8.41. The standard InChI is InChI=1S/C20H24N2O2/c1-15(20(23)21-18-8-10-19(24-2)11-9-18)22-13-12-17(14-22)16-6-4-3-5-7-16/h3-11,15,17H,12-14H2,1-2H3,(H,21,23)/t15-,17-/m1/s1. The Morgan fingerprint density at radius 3 is 2.54 bits per heavy atom. The largest absolute Gasteiger partial charge is 0.497 e. The molecule has 1 fully saturated rings. The number of methoxy groups -OCH3 is 1. The summed E-state index contributed by atoms with van der Waals surface area (Å²) < 4.78 is 5.14. The number of likely N-dealkylation sites (tertiary alicyclic amines) is 1. The van der Waals surface area contributed by atoms with Crippen molar-refractivity contribution >= 4 is 11.6 Å². The SMILES string of the molecule is COc1ccc(NC(=O)[C@@H](C)N2CC[C@@H](c3ccccc3)C2)cc1. The van der Waals surface area contributed by atoms with Crippen LogP contribution in [-0.4, -0.2) is 37.0 Å². The number of ether oxygens (including phenoxy) is 1. The molecule has 2 aromatic rings. The highest BCUT2D eigenvalue weighted by atomic mass is 16.5. The number of anilines is 1. The van der Waals surface area contributed by atoms with Crippen LogP contribution in [0.25, 0.3) is 0 Å². The van der Waals surface area contributed by atoms with Gasteiger partial charge in [0, 0.05) is 12.2 Å². The Balaban J connectivity index is 1.57. The molecule has 0 aromatic heterocycles. The summed E-state index contributed by atoms with van der Waals surface area (Å²) in [7, 11) is 1.63. The van der Waals surface area contributed by atoms with Gasteiger partial charge >= 0.3 is 0 Å². The van der Waals surface area contributed by atoms with E-state index in [1.54, 1.807) is 7.11 Å². The van der Waals surface area contributed by atoms with Gasteiger partial charge in [-0.2, -0.15) is 0 Å². The molecule has 0 aliphatic carbocycles. The van der Waals surface area contributed by atoms with Crippen LogP contribution in [0.5, 0.6) is 5.75 Å². The van der Waals surface area contributed by atoms with Crippen molar-refractivity contribution in [1.29, 1.82) is 0 Å². The molecule has 3 rings (SSSR count). The first-order chi connectivity index (χ1) is 11.7. The van der Waals surface area contributed by atoms with Crippen molar-refractivity contribution in [3.8, 4) is 5.75 Å². The number of hydrogen-bond donors (Lipinski definition) is 1. The molecule has 2 aromatic carbocycles. The summed E-state index contributed by atoms with van der Waals surface area (Å²) in [6.45, 7) is 3.87. The van der Waals surface area contributed by atoms with Gasteiger partial charge in [0.15, 0.2) is 0 Å². The van der Waals surface area contributed by atoms with E-state index in [0.29, 0.717) is 5.92 Å². The molecule has 1 saturated heterocycles. The lowest BCUT2D eigenvalue weighted by Crippen LogP contribution is -2.40. The molecular weight excluding hydrogens is 300 g/mol. The summed E-state index contributed by atoms with van der Waals surface area (Å²) in [5.74, 6) is 1.34. The van der Waals surface area contributed by atoms with E-state index in [0.717, 1.165) is 30.9 Å². The Bertz CT molecular complexity index is 670. The molecule has 1 N–H and O–H groups in total. The molecule has 4 nitrogen and oxygen atoms in total. The molecule has 0 spiro atoms. The molecule has 1 aliphatic rings. The van der Waals surface area contributed by atoms with E-state index in [9.17, 15) is 4.79 Å². The first kappa shape index (κ1) is 16.5. The first-order valence-electron chi connectivity index (χ1n) is 8.41. The maximum atomic E-state index is 12.5. The maximum Gasteiger partial charge on any atom is 0.241 e. The minimum absolute atomic E-state index is 0.0360. The van der Waals surface area contributed by atoms with Crippen molar-refractivity contribution in [2.45, 2.75) is 25.3 Å². The van der Waals surface area contributed by atoms with Gasteiger partial charge in [-0.15, -0.1) is 0 Å². The van der Waals surface area contributed by atoms with Crippen molar-refractivity contribution in [3.05, 3.63) is 60.2 Å². The summed E-state index contributed by atoms with van der Waals surface area (Å²) in [4.78, 5) is 14.8. The number of carbonyl (C=O) groups is 1. The van der Waals surface area contributed by atoms with E-state index in [2.05, 4.69) is 34.5 Å². The van der Waals surface area contributed by atoms with Crippen LogP contribution in [0.3, 0.4) is 0 Å². The van der Waals surface area contributed by atoms with Crippen LogP contribution in [0.2, 0.25) is 0 Å². The van der Waals surface area contributed by atoms with Crippen LogP contribution in [0.4, 0.5) is 5.69 Å². The second-order valence-corrected chi connectivity index (χ2v) is 6.28. The van der Waals surface area contributed by atoms with Gasteiger partial charge in [0.2, 0.25) is 5.91 Å². The molecule has 1 aliphatic heterocycles. The quantitative estimate of drug-likeness (QED) is 0.915. The van der Waals surface area contributed by atoms with Crippen LogP contribution in [0.15, 0.2) is 54.6 Å². The Kier molecular flexibility index (Phi) is 5.16. The molecule has 0 saturated carbocycles. The Morgan fingerprint density at radius 1 is 1.17 bits per heavy atom. The molecule has 0 bridgehead atoms. The third-order valence-corrected chi connectivity index (χ3v) is 4.78. The highest BCUT2D eigenvalue weighted by molar-refractivity contribution is 5.94. The van der Waals surface area contributed by atoms with Gasteiger partial charge in [0.25, 0.3) is 0 Å². The number of nitrogens with one attached hydrogen (secondary N) is 1. The third-order valence-electron chi connectivity index (χ3n) is 4.78. The van der Waals surface area contributed by atoms with Crippen LogP contribution in [0.1, 0.15) is 24.8 Å². The Labute approximate surface area is 143 Å². The molecule has 0 radical (unpaired) electrons. The molecule has 1 amide bonds. The average molecular weight is 324 g/mol. The number of hydrogen-bond acceptors (Lipinski definition) is 3. The number of carbonyl (C=O) groups excluding carboxylic acids is 1. The van der Waals surface area contributed by atoms with Crippen molar-refractivity contribution in [1.82, 2.24) is 4.90 Å². The lowest BCUT2D eigenvalue weighted by Gasteiger charge is -2.23. The predicted octanol–water partition coefficient (Wildman–Crippen LogP) is 3.51. The second-order valence-electron chi connectivity index (χ2n) is 6.28. The predicted molar refractivity (Wildman–Crippen MR) is 96.5 cm³/mol. The second kappa shape index (κ2) is 7.49. The highest BCUT2D eigenvalue weighted by Gasteiger charge is 2.30. The van der Waals surface area contributed by atoms with Crippen LogP contribution in [-0.2, 0) is 4.79 Å². The van der Waals surface area contributed by atoms with E-state index in [1.807, 2.05) is 37.3 Å². The van der Waals surface area contributed by atoms with Crippen molar-refractivity contribution in [2.24, 2.45) is 0 Å². The monoisotopic (exact) mass is 324 g/mol. The number of nitrogens with zero attached hydrogens (tertiary/aromatic N) is 1. The number of benzene rings is 2. The Hall–Kier alpha value is -2.33. The summed E-state index contributed by atoms with van der Waals surface area (Å²) >= 11 is 0. The van der Waals surface area contributed by atoms with Crippen LogP contribution >= 0.6 is 0 Å². The average Bonchev–Trinajstić information content (AvgIpc) is 3.12. The smallest absolute Gasteiger partial charge is 0.241 e. The molecule has 1 heterocycles. The number of amides is 1. The van der Waals surface area contributed by atoms with Crippen LogP contribution < -0.4 is 10.1 Å². The van der Waals surface area contributed by atoms with Gasteiger partial charge in [-0.3, -0.25) is 9.69 Å². The van der Waals surface area contributed by atoms with Crippen LogP contribution in [0, 0.1) is 0 Å². The van der Waals surface area contributed by atoms with Gasteiger partial charge in [0.1, 0.15) is 5.75 Å². The van der Waals surface area contributed by atoms with Crippen molar-refractivity contribution < 1.29 is 9.53 Å². The van der Waals surface area contributed by atoms with E-state index in [4.69, 9.17) is 4.74 Å². The molecule has 4 heteroatoms. The van der Waals surface area contributed by atoms with Crippen molar-refractivity contribution in [2.75, 3.05) is 25.5 Å². The summed E-state index contributed by atoms with van der Waals surface area (Å²) in [5, 5.41) is 2.99. The normalized spacial score (nSPS) is 19.0. The molecule has 2 atom stereocenters. The lowest BCUT2D eigenvalue weighted by atomic mass is 9.99. The van der Waals surface area contributed by atoms with Gasteiger partial charge in [-0.05, 0) is 55.6 Å². The van der Waals surface area contributed by atoms with E-state index in [-0.39, 0.29) is 11.9 Å².